The van der Waals surface area contributed by atoms with E-state index < -0.39 is 22.7 Å². The lowest BCUT2D eigenvalue weighted by atomic mass is 10.2. The number of halogens is 4. The maximum Gasteiger partial charge on any atom is 0.434 e. The maximum atomic E-state index is 12.7. The maximum absolute atomic E-state index is 12.7. The highest BCUT2D eigenvalue weighted by atomic mass is 127. The van der Waals surface area contributed by atoms with Gasteiger partial charge in [0.15, 0.2) is 5.69 Å². The van der Waals surface area contributed by atoms with E-state index in [2.05, 4.69) is 32.9 Å². The van der Waals surface area contributed by atoms with Crippen molar-refractivity contribution in [1.29, 1.82) is 0 Å². The number of aryl methyl sites for hydroxylation is 1. The predicted molar refractivity (Wildman–Crippen MR) is 79.0 cm³/mol. The van der Waals surface area contributed by atoms with Crippen molar-refractivity contribution in [3.8, 4) is 0 Å². The average Bonchev–Trinajstić information content (AvgIpc) is 2.81. The molecule has 3 nitrogen and oxygen atoms in total. The molecule has 1 heterocycles. The van der Waals surface area contributed by atoms with Crippen LogP contribution in [-0.4, -0.2) is 10.9 Å². The lowest BCUT2D eigenvalue weighted by Crippen LogP contribution is -2.17. The minimum atomic E-state index is -4.63. The molecule has 0 aliphatic rings. The highest BCUT2D eigenvalue weighted by Crippen LogP contribution is 2.33. The van der Waals surface area contributed by atoms with Gasteiger partial charge in [-0.1, -0.05) is 0 Å². The van der Waals surface area contributed by atoms with Gasteiger partial charge in [0.2, 0.25) is 0 Å². The summed E-state index contributed by atoms with van der Waals surface area (Å²) in [4.78, 5) is 14.7. The predicted octanol–water partition coefficient (Wildman–Crippen LogP) is 4.33. The van der Waals surface area contributed by atoms with Gasteiger partial charge in [-0.25, -0.2) is 4.98 Å². The Balaban J connectivity index is 2.27. The number of rotatable bonds is 2. The number of hydrogen-bond donors (Lipinski definition) is 1. The first-order chi connectivity index (χ1) is 9.29. The third-order valence-electron chi connectivity index (χ3n) is 2.48. The zero-order valence-corrected chi connectivity index (χ0v) is 13.1. The number of thiazole rings is 1. The van der Waals surface area contributed by atoms with Gasteiger partial charge in [0.1, 0.15) is 4.88 Å². The largest absolute Gasteiger partial charge is 0.434 e. The van der Waals surface area contributed by atoms with E-state index in [-0.39, 0.29) is 0 Å². The van der Waals surface area contributed by atoms with E-state index >= 15 is 0 Å². The van der Waals surface area contributed by atoms with Crippen LogP contribution in [-0.2, 0) is 6.18 Å². The molecule has 20 heavy (non-hydrogen) atoms. The van der Waals surface area contributed by atoms with Crippen molar-refractivity contribution in [3.63, 3.8) is 0 Å². The zero-order valence-electron chi connectivity index (χ0n) is 10.1. The van der Waals surface area contributed by atoms with Crippen molar-refractivity contribution in [2.24, 2.45) is 0 Å². The van der Waals surface area contributed by atoms with E-state index in [1.165, 1.54) is 0 Å². The fourth-order valence-corrected chi connectivity index (χ4v) is 2.90. The van der Waals surface area contributed by atoms with E-state index in [0.717, 1.165) is 14.6 Å². The molecular formula is C12H8F3IN2OS. The van der Waals surface area contributed by atoms with Crippen LogP contribution in [0.3, 0.4) is 0 Å². The molecule has 0 saturated heterocycles. The molecule has 2 aromatic rings. The Kier molecular flexibility index (Phi) is 4.33. The molecule has 0 radical (unpaired) electrons. The first-order valence-corrected chi connectivity index (χ1v) is 7.33. The van der Waals surface area contributed by atoms with Crippen LogP contribution in [0.4, 0.5) is 18.9 Å². The van der Waals surface area contributed by atoms with Crippen LogP contribution in [0, 0.1) is 10.5 Å². The summed E-state index contributed by atoms with van der Waals surface area (Å²) >= 11 is 2.78. The van der Waals surface area contributed by atoms with E-state index in [0.29, 0.717) is 17.0 Å². The summed E-state index contributed by atoms with van der Waals surface area (Å²) in [7, 11) is 0. The molecule has 106 valence electrons. The molecule has 0 fully saturated rings. The normalized spacial score (nSPS) is 11.4. The SMILES string of the molecule is Cc1cc(I)ccc1NC(=O)c1scnc1C(F)(F)F. The number of carbonyl (C=O) groups excluding carboxylic acids is 1. The number of hydrogen-bond acceptors (Lipinski definition) is 3. The molecule has 0 atom stereocenters. The fraction of sp³-hybridized carbons (Fsp3) is 0.167. The standard InChI is InChI=1S/C12H8F3IN2OS/c1-6-4-7(16)2-3-8(6)18-11(19)9-10(12(13,14)15)17-5-20-9/h2-5H,1H3,(H,18,19). The number of nitrogens with zero attached hydrogens (tertiary/aromatic N) is 1. The summed E-state index contributed by atoms with van der Waals surface area (Å²) in [6, 6.07) is 5.25. The third-order valence-corrected chi connectivity index (χ3v) is 3.98. The fourth-order valence-electron chi connectivity index (χ4n) is 1.56. The second kappa shape index (κ2) is 5.68. The molecule has 1 N–H and O–H groups in total. The molecule has 0 aliphatic heterocycles. The lowest BCUT2D eigenvalue weighted by molar-refractivity contribution is -0.141. The topological polar surface area (TPSA) is 42.0 Å². The number of benzene rings is 1. The monoisotopic (exact) mass is 412 g/mol. The number of amides is 1. The minimum Gasteiger partial charge on any atom is -0.321 e. The lowest BCUT2D eigenvalue weighted by Gasteiger charge is -2.09. The molecule has 0 aliphatic carbocycles. The Morgan fingerprint density at radius 2 is 2.10 bits per heavy atom. The number of aromatic nitrogens is 1. The van der Waals surface area contributed by atoms with Crippen LogP contribution in [0.15, 0.2) is 23.7 Å². The smallest absolute Gasteiger partial charge is 0.321 e. The number of nitrogens with one attached hydrogen (secondary N) is 1. The van der Waals surface area contributed by atoms with E-state index in [9.17, 15) is 18.0 Å². The first kappa shape index (κ1) is 15.2. The summed E-state index contributed by atoms with van der Waals surface area (Å²) in [6.07, 6.45) is -4.63. The molecular weight excluding hydrogens is 404 g/mol. The number of alkyl halides is 3. The van der Waals surface area contributed by atoms with Gasteiger partial charge >= 0.3 is 6.18 Å². The molecule has 8 heteroatoms. The molecule has 0 spiro atoms. The van der Waals surface area contributed by atoms with Gasteiger partial charge in [0.25, 0.3) is 5.91 Å². The van der Waals surface area contributed by atoms with Crippen molar-refractivity contribution in [3.05, 3.63) is 43.4 Å². The Hall–Kier alpha value is -1.16. The quantitative estimate of drug-likeness (QED) is 0.747. The van der Waals surface area contributed by atoms with E-state index in [4.69, 9.17) is 0 Å². The summed E-state index contributed by atoms with van der Waals surface area (Å²) < 4.78 is 39.0. The average molecular weight is 412 g/mol. The van der Waals surface area contributed by atoms with Crippen LogP contribution in [0.25, 0.3) is 0 Å². The van der Waals surface area contributed by atoms with Gasteiger partial charge in [-0.05, 0) is 53.3 Å². The number of carbonyl (C=O) groups is 1. The minimum absolute atomic E-state index is 0.435. The van der Waals surface area contributed by atoms with Crippen LogP contribution >= 0.6 is 33.9 Å². The Bertz CT molecular complexity index is 654. The Morgan fingerprint density at radius 1 is 1.40 bits per heavy atom. The van der Waals surface area contributed by atoms with Gasteiger partial charge in [0, 0.05) is 9.26 Å². The molecule has 0 unspecified atom stereocenters. The van der Waals surface area contributed by atoms with Crippen molar-refractivity contribution in [2.75, 3.05) is 5.32 Å². The molecule has 2 rings (SSSR count). The van der Waals surface area contributed by atoms with Crippen molar-refractivity contribution >= 4 is 45.5 Å². The highest BCUT2D eigenvalue weighted by Gasteiger charge is 2.38. The molecule has 1 amide bonds. The van der Waals surface area contributed by atoms with E-state index in [1.54, 1.807) is 19.1 Å². The van der Waals surface area contributed by atoms with Crippen molar-refractivity contribution in [1.82, 2.24) is 4.98 Å². The van der Waals surface area contributed by atoms with Crippen LogP contribution < -0.4 is 5.32 Å². The van der Waals surface area contributed by atoms with Gasteiger partial charge in [-0.3, -0.25) is 4.79 Å². The summed E-state index contributed by atoms with van der Waals surface area (Å²) in [6.45, 7) is 1.77. The van der Waals surface area contributed by atoms with Gasteiger partial charge in [-0.2, -0.15) is 13.2 Å². The number of anilines is 1. The molecule has 0 saturated carbocycles. The third kappa shape index (κ3) is 3.29. The second-order valence-corrected chi connectivity index (χ2v) is 6.04. The van der Waals surface area contributed by atoms with Crippen molar-refractivity contribution in [2.45, 2.75) is 13.1 Å². The highest BCUT2D eigenvalue weighted by molar-refractivity contribution is 14.1. The van der Waals surface area contributed by atoms with Gasteiger partial charge < -0.3 is 5.32 Å². The van der Waals surface area contributed by atoms with Crippen molar-refractivity contribution < 1.29 is 18.0 Å². The summed E-state index contributed by atoms with van der Waals surface area (Å²) in [5.74, 6) is -0.802. The van der Waals surface area contributed by atoms with Crippen LogP contribution in [0.5, 0.6) is 0 Å². The van der Waals surface area contributed by atoms with Gasteiger partial charge in [0.05, 0.1) is 5.51 Å². The van der Waals surface area contributed by atoms with Crippen LogP contribution in [0.2, 0.25) is 0 Å². The van der Waals surface area contributed by atoms with E-state index in [1.807, 2.05) is 6.07 Å². The van der Waals surface area contributed by atoms with Gasteiger partial charge in [-0.15, -0.1) is 11.3 Å². The van der Waals surface area contributed by atoms with Crippen LogP contribution in [0.1, 0.15) is 20.9 Å². The second-order valence-electron chi connectivity index (χ2n) is 3.94. The summed E-state index contributed by atoms with van der Waals surface area (Å²) in [5, 5.41) is 2.48. The first-order valence-electron chi connectivity index (χ1n) is 5.37. The molecule has 1 aromatic heterocycles. The molecule has 1 aromatic carbocycles. The summed E-state index contributed by atoms with van der Waals surface area (Å²) in [5.41, 5.74) is 1.13. The molecule has 0 bridgehead atoms. The Morgan fingerprint density at radius 3 is 2.70 bits per heavy atom. The zero-order chi connectivity index (χ0) is 14.9. The Labute approximate surface area is 130 Å².